The summed E-state index contributed by atoms with van der Waals surface area (Å²) < 4.78 is 25.7. The van der Waals surface area contributed by atoms with Crippen molar-refractivity contribution in [3.63, 3.8) is 0 Å². The number of ether oxygens (including phenoxy) is 3. The molecule has 6 nitrogen and oxygen atoms in total. The third kappa shape index (κ3) is 6.79. The van der Waals surface area contributed by atoms with Crippen LogP contribution in [0.1, 0.15) is 47.5 Å². The lowest BCUT2D eigenvalue weighted by atomic mass is 9.92. The van der Waals surface area contributed by atoms with E-state index in [-0.39, 0.29) is 25.1 Å². The van der Waals surface area contributed by atoms with E-state index in [4.69, 9.17) is 31.8 Å². The Labute approximate surface area is 155 Å². The van der Waals surface area contributed by atoms with Crippen LogP contribution in [0, 0.1) is 11.3 Å². The molecule has 8 heteroatoms. The van der Waals surface area contributed by atoms with Crippen molar-refractivity contribution in [2.24, 2.45) is 0 Å². The highest BCUT2D eigenvalue weighted by atomic mass is 31.2. The molecule has 25 heavy (non-hydrogen) atoms. The monoisotopic (exact) mass is 370 g/mol. The van der Waals surface area contributed by atoms with Gasteiger partial charge in [-0.15, -0.1) is 0 Å². The molecule has 1 rings (SSSR count). The molecule has 1 aliphatic rings. The molecule has 1 aliphatic heterocycles. The standard InChI is InChI=1S/C17H32BN2O4P/c1-7-14-15(24-25(6)20(12(2)3)13(4)5)16(17(18)23-14)22-11-21-10-8-9-19/h12-17H,7-8,10-11H2,1-6H3/t14-,15?,16+,17-,25?/m1/s1. The second kappa shape index (κ2) is 11.5. The van der Waals surface area contributed by atoms with Gasteiger partial charge in [-0.1, -0.05) is 6.92 Å². The maximum absolute atomic E-state index is 8.54. The third-order valence-corrected chi connectivity index (χ3v) is 6.23. The maximum Gasteiger partial charge on any atom is 0.147 e. The van der Waals surface area contributed by atoms with E-state index in [0.29, 0.717) is 25.1 Å². The van der Waals surface area contributed by atoms with Crippen LogP contribution in [0.3, 0.4) is 0 Å². The smallest absolute Gasteiger partial charge is 0.147 e. The predicted molar refractivity (Wildman–Crippen MR) is 100 cm³/mol. The van der Waals surface area contributed by atoms with Crippen molar-refractivity contribution in [2.75, 3.05) is 20.1 Å². The van der Waals surface area contributed by atoms with Gasteiger partial charge >= 0.3 is 0 Å². The fraction of sp³-hybridized carbons (Fsp3) is 0.941. The molecule has 0 aromatic carbocycles. The van der Waals surface area contributed by atoms with Gasteiger partial charge < -0.3 is 18.7 Å². The molecule has 0 amide bonds. The fourth-order valence-electron chi connectivity index (χ4n) is 3.18. The minimum Gasteiger partial charge on any atom is -0.379 e. The Bertz CT molecular complexity index is 414. The number of hydrogen-bond acceptors (Lipinski definition) is 6. The summed E-state index contributed by atoms with van der Waals surface area (Å²) in [6.45, 7) is 13.3. The molecule has 0 N–H and O–H groups in total. The molecule has 0 bridgehead atoms. The maximum atomic E-state index is 8.54. The third-order valence-electron chi connectivity index (χ3n) is 4.11. The van der Waals surface area contributed by atoms with E-state index in [1.807, 2.05) is 6.07 Å². The average molecular weight is 370 g/mol. The Hall–Kier alpha value is -0.215. The molecule has 2 unspecified atom stereocenters. The van der Waals surface area contributed by atoms with Gasteiger partial charge in [0.25, 0.3) is 0 Å². The van der Waals surface area contributed by atoms with E-state index in [9.17, 15) is 0 Å². The minimum absolute atomic E-state index is 0.0828. The number of rotatable bonds is 11. The SMILES string of the molecule is [B][C@@H]1O[C@H](CC)C(OP(C)N(C(C)C)C(C)C)[C@@H]1OCOCCC#N. The molecule has 0 aromatic heterocycles. The summed E-state index contributed by atoms with van der Waals surface area (Å²) in [4.78, 5) is 0. The summed E-state index contributed by atoms with van der Waals surface area (Å²) in [7, 11) is 5.30. The Morgan fingerprint density at radius 2 is 1.88 bits per heavy atom. The molecule has 0 aliphatic carbocycles. The van der Waals surface area contributed by atoms with Crippen LogP contribution < -0.4 is 0 Å². The molecule has 1 saturated heterocycles. The van der Waals surface area contributed by atoms with Gasteiger partial charge in [-0.25, -0.2) is 0 Å². The molecule has 1 heterocycles. The van der Waals surface area contributed by atoms with Gasteiger partial charge in [0.2, 0.25) is 0 Å². The topological polar surface area (TPSA) is 64.0 Å². The van der Waals surface area contributed by atoms with Gasteiger partial charge in [-0.2, -0.15) is 5.26 Å². The van der Waals surface area contributed by atoms with Crippen molar-refractivity contribution in [3.8, 4) is 6.07 Å². The van der Waals surface area contributed by atoms with E-state index < -0.39 is 14.3 Å². The van der Waals surface area contributed by atoms with E-state index in [1.54, 1.807) is 0 Å². The minimum atomic E-state index is -0.802. The lowest BCUT2D eigenvalue weighted by Gasteiger charge is -2.38. The Morgan fingerprint density at radius 1 is 1.24 bits per heavy atom. The van der Waals surface area contributed by atoms with Crippen molar-refractivity contribution in [3.05, 3.63) is 0 Å². The normalized spacial score (nSPS) is 28.0. The summed E-state index contributed by atoms with van der Waals surface area (Å²) in [6, 6.07) is 2.27. The van der Waals surface area contributed by atoms with Gasteiger partial charge in [0.05, 0.1) is 25.2 Å². The zero-order valence-corrected chi connectivity index (χ0v) is 17.2. The summed E-state index contributed by atoms with van der Waals surface area (Å²) in [5.74, 6) is 0. The van der Waals surface area contributed by atoms with Crippen molar-refractivity contribution in [1.29, 1.82) is 5.26 Å². The van der Waals surface area contributed by atoms with E-state index in [2.05, 4.69) is 46.0 Å². The highest BCUT2D eigenvalue weighted by molar-refractivity contribution is 7.49. The van der Waals surface area contributed by atoms with Gasteiger partial charge in [-0.05, 0) is 40.8 Å². The number of nitriles is 1. The molecular formula is C17H32BN2O4P. The van der Waals surface area contributed by atoms with Crippen molar-refractivity contribution in [1.82, 2.24) is 4.67 Å². The Balaban J connectivity index is 2.71. The van der Waals surface area contributed by atoms with E-state index >= 15 is 0 Å². The van der Waals surface area contributed by atoms with Gasteiger partial charge in [0.1, 0.15) is 35.1 Å². The van der Waals surface area contributed by atoms with Crippen molar-refractivity contribution >= 4 is 16.1 Å². The Morgan fingerprint density at radius 3 is 2.40 bits per heavy atom. The molecule has 1 fully saturated rings. The molecule has 142 valence electrons. The van der Waals surface area contributed by atoms with Gasteiger partial charge in [0, 0.05) is 18.1 Å². The average Bonchev–Trinajstić information content (AvgIpc) is 2.82. The second-order valence-electron chi connectivity index (χ2n) is 6.71. The lowest BCUT2D eigenvalue weighted by Crippen LogP contribution is -2.40. The molecule has 2 radical (unpaired) electrons. The molecular weight excluding hydrogens is 338 g/mol. The highest BCUT2D eigenvalue weighted by Gasteiger charge is 2.44. The quantitative estimate of drug-likeness (QED) is 0.241. The lowest BCUT2D eigenvalue weighted by molar-refractivity contribution is -0.111. The summed E-state index contributed by atoms with van der Waals surface area (Å²) in [5.41, 5.74) is 0. The van der Waals surface area contributed by atoms with Crippen LogP contribution in [-0.4, -0.2) is 69.0 Å². The van der Waals surface area contributed by atoms with Crippen LogP contribution in [0.4, 0.5) is 0 Å². The zero-order valence-electron chi connectivity index (χ0n) is 16.3. The number of hydrogen-bond donors (Lipinski definition) is 0. The van der Waals surface area contributed by atoms with Crippen LogP contribution in [0.5, 0.6) is 0 Å². The molecule has 5 atom stereocenters. The van der Waals surface area contributed by atoms with Gasteiger partial charge in [0.15, 0.2) is 0 Å². The van der Waals surface area contributed by atoms with Crippen LogP contribution in [-0.2, 0) is 18.7 Å². The van der Waals surface area contributed by atoms with Crippen LogP contribution in [0.15, 0.2) is 0 Å². The number of nitrogens with zero attached hydrogens (tertiary/aromatic N) is 2. The van der Waals surface area contributed by atoms with Crippen LogP contribution in [0.2, 0.25) is 0 Å². The molecule has 0 saturated carbocycles. The van der Waals surface area contributed by atoms with Crippen molar-refractivity contribution < 1.29 is 18.7 Å². The first-order valence-electron chi connectivity index (χ1n) is 8.99. The van der Waals surface area contributed by atoms with Gasteiger partial charge in [-0.3, -0.25) is 4.67 Å². The Kier molecular flexibility index (Phi) is 10.5. The highest BCUT2D eigenvalue weighted by Crippen LogP contribution is 2.45. The van der Waals surface area contributed by atoms with E-state index in [1.165, 1.54) is 0 Å². The van der Waals surface area contributed by atoms with E-state index in [0.717, 1.165) is 6.42 Å². The van der Waals surface area contributed by atoms with Crippen LogP contribution >= 0.6 is 8.30 Å². The summed E-state index contributed by atoms with van der Waals surface area (Å²) in [5, 5.41) is 8.54. The largest absolute Gasteiger partial charge is 0.379 e. The second-order valence-corrected chi connectivity index (χ2v) is 8.32. The fourth-order valence-corrected chi connectivity index (χ4v) is 5.20. The molecule has 0 aromatic rings. The predicted octanol–water partition coefficient (Wildman–Crippen LogP) is 3.01. The first-order valence-corrected chi connectivity index (χ1v) is 10.6. The molecule has 0 spiro atoms. The summed E-state index contributed by atoms with van der Waals surface area (Å²) >= 11 is 0. The first-order chi connectivity index (χ1) is 11.8. The van der Waals surface area contributed by atoms with Crippen molar-refractivity contribution in [2.45, 2.75) is 83.9 Å². The van der Waals surface area contributed by atoms with Crippen LogP contribution in [0.25, 0.3) is 0 Å². The summed E-state index contributed by atoms with van der Waals surface area (Å²) in [6.07, 6.45) is 0.450. The zero-order chi connectivity index (χ0) is 19.0. The first kappa shape index (κ1) is 22.8.